The highest BCUT2D eigenvalue weighted by atomic mass is 16.4. The molecule has 1 N–H and O–H groups in total. The number of aliphatic carboxylic acids is 1. The van der Waals surface area contributed by atoms with Crippen LogP contribution in [0.5, 0.6) is 0 Å². The van der Waals surface area contributed by atoms with Crippen molar-refractivity contribution in [2.45, 2.75) is 0 Å². The van der Waals surface area contributed by atoms with Crippen LogP contribution in [0.1, 0.15) is 0 Å². The smallest absolute Gasteiger partial charge is 0.317 e. The van der Waals surface area contributed by atoms with Gasteiger partial charge in [0.25, 0.3) is 0 Å². The molecule has 1 radical (unpaired) electrons. The summed E-state index contributed by atoms with van der Waals surface area (Å²) < 4.78 is 0. The lowest BCUT2D eigenvalue weighted by Gasteiger charge is -2.08. The highest BCUT2D eigenvalue weighted by Crippen LogP contribution is 1.76. The minimum Gasteiger partial charge on any atom is -0.480 e. The highest BCUT2D eigenvalue weighted by Gasteiger charge is 1.98. The third-order valence-electron chi connectivity index (χ3n) is 0.787. The Labute approximate surface area is 48.9 Å². The van der Waals surface area contributed by atoms with Gasteiger partial charge in [0.2, 0.25) is 0 Å². The summed E-state index contributed by atoms with van der Waals surface area (Å²) in [6, 6.07) is 0. The molecule has 0 unspecified atom stereocenters. The first kappa shape index (κ1) is 7.43. The summed E-state index contributed by atoms with van der Waals surface area (Å²) in [4.78, 5) is 11.5. The number of likely N-dealkylation sites (N-methyl/N-ethyl adjacent to an activating group) is 1. The molecule has 0 aromatic carbocycles. The van der Waals surface area contributed by atoms with Crippen molar-refractivity contribution in [3.8, 4) is 0 Å². The molecule has 0 amide bonds. The van der Waals surface area contributed by atoms with Crippen molar-refractivity contribution in [3.63, 3.8) is 0 Å². The van der Waals surface area contributed by atoms with Gasteiger partial charge in [-0.05, 0) is 20.5 Å². The average Bonchev–Trinajstić information content (AvgIpc) is 1.65. The SMILES string of the molecule is [CH2]CN(C)CC(=O)O. The van der Waals surface area contributed by atoms with Crippen LogP contribution in [0.3, 0.4) is 0 Å². The molecule has 0 spiro atoms. The third-order valence-corrected chi connectivity index (χ3v) is 0.787. The topological polar surface area (TPSA) is 40.5 Å². The van der Waals surface area contributed by atoms with Crippen molar-refractivity contribution >= 4 is 5.97 Å². The Kier molecular flexibility index (Phi) is 3.19. The van der Waals surface area contributed by atoms with Crippen LogP contribution >= 0.6 is 0 Å². The van der Waals surface area contributed by atoms with Crippen LogP contribution in [-0.2, 0) is 4.79 Å². The molecule has 47 valence electrons. The second-order valence-corrected chi connectivity index (χ2v) is 1.63. The van der Waals surface area contributed by atoms with E-state index in [-0.39, 0.29) is 6.54 Å². The largest absolute Gasteiger partial charge is 0.480 e. The quantitative estimate of drug-likeness (QED) is 0.557. The van der Waals surface area contributed by atoms with Gasteiger partial charge in [-0.2, -0.15) is 0 Å². The molecule has 0 aromatic heterocycles. The fourth-order valence-corrected chi connectivity index (χ4v) is 0.310. The molecule has 0 aliphatic heterocycles. The normalized spacial score (nSPS) is 9.88. The Balaban J connectivity index is 3.24. The van der Waals surface area contributed by atoms with E-state index in [1.807, 2.05) is 0 Å². The van der Waals surface area contributed by atoms with Crippen LogP contribution in [0.15, 0.2) is 0 Å². The van der Waals surface area contributed by atoms with Gasteiger partial charge in [0, 0.05) is 0 Å². The van der Waals surface area contributed by atoms with Crippen LogP contribution < -0.4 is 0 Å². The molecule has 0 atom stereocenters. The lowest BCUT2D eigenvalue weighted by atomic mass is 10.5. The number of carboxylic acids is 1. The summed E-state index contributed by atoms with van der Waals surface area (Å²) in [6.45, 7) is 4.11. The number of nitrogens with zero attached hydrogens (tertiary/aromatic N) is 1. The monoisotopic (exact) mass is 116 g/mol. The van der Waals surface area contributed by atoms with E-state index in [2.05, 4.69) is 6.92 Å². The Morgan fingerprint density at radius 3 is 2.50 bits per heavy atom. The fourth-order valence-electron chi connectivity index (χ4n) is 0.310. The van der Waals surface area contributed by atoms with Gasteiger partial charge in [-0.3, -0.25) is 9.69 Å². The van der Waals surface area contributed by atoms with Gasteiger partial charge in [0.15, 0.2) is 0 Å². The lowest BCUT2D eigenvalue weighted by Crippen LogP contribution is -2.25. The molecule has 0 aliphatic carbocycles. The molecular weight excluding hydrogens is 106 g/mol. The van der Waals surface area contributed by atoms with Crippen molar-refractivity contribution in [3.05, 3.63) is 6.92 Å². The molecular formula is C5H10NO2. The van der Waals surface area contributed by atoms with E-state index in [0.29, 0.717) is 6.54 Å². The van der Waals surface area contributed by atoms with Crippen LogP contribution in [0, 0.1) is 6.92 Å². The van der Waals surface area contributed by atoms with Crippen molar-refractivity contribution in [2.24, 2.45) is 0 Å². The zero-order valence-corrected chi connectivity index (χ0v) is 4.92. The summed E-state index contributed by atoms with van der Waals surface area (Å²) in [5, 5.41) is 8.15. The molecule has 0 rings (SSSR count). The van der Waals surface area contributed by atoms with Crippen molar-refractivity contribution in [1.82, 2.24) is 4.90 Å². The number of carboxylic acid groups (broad SMARTS) is 1. The second-order valence-electron chi connectivity index (χ2n) is 1.63. The first-order chi connectivity index (χ1) is 3.66. The number of carbonyl (C=O) groups is 1. The van der Waals surface area contributed by atoms with Gasteiger partial charge in [0.1, 0.15) is 0 Å². The Bertz CT molecular complexity index is 82.5. The summed E-state index contributed by atoms with van der Waals surface area (Å²) in [6.07, 6.45) is 0. The third kappa shape index (κ3) is 3.61. The minimum absolute atomic E-state index is 0.0729. The summed E-state index contributed by atoms with van der Waals surface area (Å²) in [5.74, 6) is -0.809. The summed E-state index contributed by atoms with van der Waals surface area (Å²) in [5.41, 5.74) is 0. The maximum absolute atomic E-state index is 9.90. The second kappa shape index (κ2) is 3.43. The lowest BCUT2D eigenvalue weighted by molar-refractivity contribution is -0.137. The zero-order valence-electron chi connectivity index (χ0n) is 4.92. The predicted molar refractivity (Wildman–Crippen MR) is 30.5 cm³/mol. The van der Waals surface area contributed by atoms with E-state index in [0.717, 1.165) is 0 Å². The van der Waals surface area contributed by atoms with E-state index < -0.39 is 5.97 Å². The van der Waals surface area contributed by atoms with E-state index in [4.69, 9.17) is 5.11 Å². The summed E-state index contributed by atoms with van der Waals surface area (Å²) >= 11 is 0. The average molecular weight is 116 g/mol. The first-order valence-corrected chi connectivity index (χ1v) is 2.36. The molecule has 0 bridgehead atoms. The molecule has 8 heavy (non-hydrogen) atoms. The van der Waals surface area contributed by atoms with E-state index in [1.54, 1.807) is 11.9 Å². The molecule has 3 nitrogen and oxygen atoms in total. The van der Waals surface area contributed by atoms with Crippen molar-refractivity contribution in [2.75, 3.05) is 20.1 Å². The maximum Gasteiger partial charge on any atom is 0.317 e. The predicted octanol–water partition coefficient (Wildman–Crippen LogP) is -0.163. The maximum atomic E-state index is 9.90. The molecule has 3 heteroatoms. The fraction of sp³-hybridized carbons (Fsp3) is 0.600. The van der Waals surface area contributed by atoms with Crippen LogP contribution in [-0.4, -0.2) is 36.1 Å². The van der Waals surface area contributed by atoms with Gasteiger partial charge >= 0.3 is 5.97 Å². The summed E-state index contributed by atoms with van der Waals surface area (Å²) in [7, 11) is 1.71. The van der Waals surface area contributed by atoms with Crippen molar-refractivity contribution in [1.29, 1.82) is 0 Å². The number of rotatable bonds is 3. The minimum atomic E-state index is -0.809. The van der Waals surface area contributed by atoms with Gasteiger partial charge in [0.05, 0.1) is 6.54 Å². The molecule has 0 aliphatic rings. The van der Waals surface area contributed by atoms with Gasteiger partial charge in [-0.1, -0.05) is 0 Å². The standard InChI is InChI=1S/C5H10NO2/c1-3-6(2)4-5(7)8/h1,3-4H2,2H3,(H,7,8). The van der Waals surface area contributed by atoms with Gasteiger partial charge in [-0.15, -0.1) is 0 Å². The van der Waals surface area contributed by atoms with Gasteiger partial charge < -0.3 is 5.11 Å². The molecule has 0 fully saturated rings. The van der Waals surface area contributed by atoms with E-state index in [9.17, 15) is 4.79 Å². The Morgan fingerprint density at radius 1 is 1.88 bits per heavy atom. The van der Waals surface area contributed by atoms with E-state index in [1.165, 1.54) is 0 Å². The Morgan fingerprint density at radius 2 is 2.38 bits per heavy atom. The molecule has 0 heterocycles. The van der Waals surface area contributed by atoms with Crippen LogP contribution in [0.2, 0.25) is 0 Å². The highest BCUT2D eigenvalue weighted by molar-refractivity contribution is 5.68. The first-order valence-electron chi connectivity index (χ1n) is 2.36. The number of hydrogen-bond acceptors (Lipinski definition) is 2. The van der Waals surface area contributed by atoms with Crippen LogP contribution in [0.4, 0.5) is 0 Å². The molecule has 0 saturated heterocycles. The Hall–Kier alpha value is -0.570. The van der Waals surface area contributed by atoms with Crippen molar-refractivity contribution < 1.29 is 9.90 Å². The van der Waals surface area contributed by atoms with Crippen LogP contribution in [0.25, 0.3) is 0 Å². The van der Waals surface area contributed by atoms with E-state index >= 15 is 0 Å². The van der Waals surface area contributed by atoms with Gasteiger partial charge in [-0.25, -0.2) is 0 Å². The molecule has 0 saturated carbocycles. The number of hydrogen-bond donors (Lipinski definition) is 1. The molecule has 0 aromatic rings. The zero-order chi connectivity index (χ0) is 6.57.